The van der Waals surface area contributed by atoms with Gasteiger partial charge in [0.25, 0.3) is 0 Å². The molecule has 0 aliphatic heterocycles. The van der Waals surface area contributed by atoms with Crippen molar-refractivity contribution in [3.63, 3.8) is 0 Å². The third-order valence-corrected chi connectivity index (χ3v) is 12.6. The Morgan fingerprint density at radius 1 is 0.847 bits per heavy atom. The van der Waals surface area contributed by atoms with Gasteiger partial charge in [0.15, 0.2) is 17.4 Å². The molecule has 308 valence electrons. The second kappa shape index (κ2) is 17.3. The van der Waals surface area contributed by atoms with Crippen LogP contribution in [0, 0.1) is 17.0 Å². The van der Waals surface area contributed by atoms with E-state index in [1.54, 1.807) is 38.5 Å². The highest BCUT2D eigenvalue weighted by Crippen LogP contribution is 2.59. The largest absolute Gasteiger partial charge is 0.497 e. The number of ketones is 1. The number of aliphatic hydroxyl groups is 2. The average molecular weight is 804 g/mol. The minimum atomic E-state index is -1.49. The van der Waals surface area contributed by atoms with E-state index in [0.717, 1.165) is 34.0 Å². The Hall–Kier alpha value is -5.58. The first-order chi connectivity index (χ1) is 28.3. The lowest BCUT2D eigenvalue weighted by Crippen LogP contribution is -2.54. The Morgan fingerprint density at radius 3 is 2.39 bits per heavy atom. The maximum Gasteiger partial charge on any atom is 0.415 e. The van der Waals surface area contributed by atoms with Crippen LogP contribution in [0.2, 0.25) is 0 Å². The van der Waals surface area contributed by atoms with Crippen molar-refractivity contribution in [2.45, 2.75) is 83.0 Å². The second-order valence-corrected chi connectivity index (χ2v) is 16.3. The number of fused-ring (bicyclic) bond motifs is 9. The van der Waals surface area contributed by atoms with Crippen LogP contribution in [0.3, 0.4) is 0 Å². The van der Waals surface area contributed by atoms with E-state index in [1.165, 1.54) is 11.0 Å². The number of benzene rings is 5. The average Bonchev–Trinajstić information content (AvgIpc) is 3.48. The van der Waals surface area contributed by atoms with Gasteiger partial charge in [0, 0.05) is 28.2 Å². The lowest BCUT2D eigenvalue weighted by Gasteiger charge is -2.46. The molecule has 5 aromatic carbocycles. The van der Waals surface area contributed by atoms with Gasteiger partial charge in [-0.1, -0.05) is 61.0 Å². The van der Waals surface area contributed by atoms with Crippen LogP contribution in [0.1, 0.15) is 90.9 Å². The molecule has 3 aliphatic carbocycles. The summed E-state index contributed by atoms with van der Waals surface area (Å²) >= 11 is 0. The molecule has 0 saturated heterocycles. The Labute approximate surface area is 344 Å². The van der Waals surface area contributed by atoms with Crippen LogP contribution in [0.5, 0.6) is 17.2 Å². The zero-order valence-electron chi connectivity index (χ0n) is 34.0. The van der Waals surface area contributed by atoms with Gasteiger partial charge >= 0.3 is 6.09 Å². The molecule has 0 unspecified atom stereocenters. The SMILES string of the molecule is COc1ccc(CN(C[C@]2(O)CC[C@H]3c4ccc(cc4C(=O)c4ccc(F)c(F)c4)C[C@@H](O)CCC(C)=CCC[C@@]32C)C(=O)Oc2ccc3ccccc3c2)c(OC)c1. The Kier molecular flexibility index (Phi) is 12.2. The minimum absolute atomic E-state index is 0.00599. The molecule has 2 N–H and O–H groups in total. The molecule has 1 fully saturated rings. The van der Waals surface area contributed by atoms with E-state index in [4.69, 9.17) is 14.2 Å². The topological polar surface area (TPSA) is 106 Å². The Bertz CT molecular complexity index is 2400. The minimum Gasteiger partial charge on any atom is -0.497 e. The lowest BCUT2D eigenvalue weighted by atomic mass is 9.64. The summed E-state index contributed by atoms with van der Waals surface area (Å²) in [5.74, 6) is -1.62. The van der Waals surface area contributed by atoms with Gasteiger partial charge in [-0.2, -0.15) is 0 Å². The number of nitrogens with zero attached hydrogens (tertiary/aromatic N) is 1. The van der Waals surface area contributed by atoms with Crippen molar-refractivity contribution in [1.29, 1.82) is 0 Å². The zero-order chi connectivity index (χ0) is 41.9. The monoisotopic (exact) mass is 803 g/mol. The predicted molar refractivity (Wildman–Crippen MR) is 223 cm³/mol. The van der Waals surface area contributed by atoms with Crippen molar-refractivity contribution in [3.8, 4) is 17.2 Å². The third kappa shape index (κ3) is 8.75. The summed E-state index contributed by atoms with van der Waals surface area (Å²) in [4.78, 5) is 30.3. The molecule has 1 amide bonds. The standard InChI is InChI=1S/C49H51F2NO7/c1-31-8-7-22-48(2)42(40-19-12-32(24-37(53)16-11-31)25-41(40)46(54)35-15-20-43(50)44(51)27-35)21-23-49(48,56)30-52(29-36-14-17-38(57-3)28-45(36)58-4)47(55)59-39-18-13-33-9-5-6-10-34(33)26-39/h5-6,8-10,12-15,17-20,25-28,37,42,53,56H,7,11,16,21-24,29-30H2,1-4H3/t37-,42-,48-,49+/m0/s1. The number of carbonyl (C=O) groups excluding carboxylic acids is 2. The smallest absolute Gasteiger partial charge is 0.415 e. The molecule has 5 aromatic rings. The van der Waals surface area contributed by atoms with Gasteiger partial charge in [-0.15, -0.1) is 0 Å². The van der Waals surface area contributed by atoms with Gasteiger partial charge in [-0.3, -0.25) is 4.79 Å². The molecule has 1 saturated carbocycles. The summed E-state index contributed by atoms with van der Waals surface area (Å²) in [5, 5.41) is 26.1. The molecule has 0 spiro atoms. The fraction of sp³-hybridized carbons (Fsp3) is 0.347. The molecule has 59 heavy (non-hydrogen) atoms. The van der Waals surface area contributed by atoms with E-state index < -0.39 is 40.6 Å². The number of carbonyl (C=O) groups is 2. The fourth-order valence-corrected chi connectivity index (χ4v) is 9.07. The molecule has 0 heterocycles. The van der Waals surface area contributed by atoms with Gasteiger partial charge in [0.1, 0.15) is 17.2 Å². The van der Waals surface area contributed by atoms with Crippen LogP contribution in [-0.4, -0.2) is 59.5 Å². The first kappa shape index (κ1) is 41.6. The molecule has 0 aromatic heterocycles. The maximum atomic E-state index is 14.5. The summed E-state index contributed by atoms with van der Waals surface area (Å²) in [6, 6.07) is 27.2. The predicted octanol–water partition coefficient (Wildman–Crippen LogP) is 10.1. The van der Waals surface area contributed by atoms with Crippen LogP contribution in [0.25, 0.3) is 10.8 Å². The van der Waals surface area contributed by atoms with Gasteiger partial charge in [-0.05, 0) is 128 Å². The molecular weight excluding hydrogens is 753 g/mol. The van der Waals surface area contributed by atoms with Crippen LogP contribution in [-0.2, 0) is 13.0 Å². The van der Waals surface area contributed by atoms with Gasteiger partial charge in [-0.25, -0.2) is 13.6 Å². The molecule has 8 rings (SSSR count). The van der Waals surface area contributed by atoms with Gasteiger partial charge in [0.2, 0.25) is 0 Å². The number of methoxy groups -OCH3 is 2. The van der Waals surface area contributed by atoms with E-state index in [1.807, 2.05) is 68.4 Å². The third-order valence-electron chi connectivity index (χ3n) is 12.6. The zero-order valence-corrected chi connectivity index (χ0v) is 34.0. The Balaban J connectivity index is 1.31. The van der Waals surface area contributed by atoms with Crippen LogP contribution >= 0.6 is 0 Å². The van der Waals surface area contributed by atoms with Crippen molar-refractivity contribution < 1.29 is 42.8 Å². The van der Waals surface area contributed by atoms with E-state index in [9.17, 15) is 28.6 Å². The van der Waals surface area contributed by atoms with Crippen molar-refractivity contribution in [2.24, 2.45) is 5.41 Å². The highest BCUT2D eigenvalue weighted by atomic mass is 19.2. The Morgan fingerprint density at radius 2 is 1.63 bits per heavy atom. The number of ether oxygens (including phenoxy) is 3. The van der Waals surface area contributed by atoms with E-state index in [2.05, 4.69) is 6.08 Å². The number of hydrogen-bond donors (Lipinski definition) is 2. The number of amides is 1. The first-order valence-corrected chi connectivity index (χ1v) is 20.2. The van der Waals surface area contributed by atoms with E-state index in [0.29, 0.717) is 72.5 Å². The van der Waals surface area contributed by atoms with Crippen molar-refractivity contribution in [2.75, 3.05) is 20.8 Å². The van der Waals surface area contributed by atoms with Crippen molar-refractivity contribution in [3.05, 3.63) is 148 Å². The molecule has 10 heteroatoms. The number of allylic oxidation sites excluding steroid dienone is 2. The summed E-state index contributed by atoms with van der Waals surface area (Å²) in [6.45, 7) is 3.99. The lowest BCUT2D eigenvalue weighted by molar-refractivity contribution is -0.0802. The highest BCUT2D eigenvalue weighted by molar-refractivity contribution is 6.10. The highest BCUT2D eigenvalue weighted by Gasteiger charge is 2.58. The number of aliphatic hydroxyl groups excluding tert-OH is 1. The number of halogens is 2. The normalized spacial score (nSPS) is 21.9. The maximum absolute atomic E-state index is 14.5. The van der Waals surface area contributed by atoms with Crippen molar-refractivity contribution in [1.82, 2.24) is 4.90 Å². The fourth-order valence-electron chi connectivity index (χ4n) is 9.07. The molecule has 4 atom stereocenters. The number of rotatable bonds is 9. The summed E-state index contributed by atoms with van der Waals surface area (Å²) < 4.78 is 45.8. The molecule has 3 aliphatic rings. The molecule has 2 bridgehead atoms. The first-order valence-electron chi connectivity index (χ1n) is 20.2. The van der Waals surface area contributed by atoms with Crippen LogP contribution < -0.4 is 14.2 Å². The van der Waals surface area contributed by atoms with E-state index >= 15 is 0 Å². The summed E-state index contributed by atoms with van der Waals surface area (Å²) in [7, 11) is 3.10. The summed E-state index contributed by atoms with van der Waals surface area (Å²) in [6.07, 6.45) is 4.17. The number of hydrogen-bond acceptors (Lipinski definition) is 7. The molecule has 8 nitrogen and oxygen atoms in total. The van der Waals surface area contributed by atoms with E-state index in [-0.39, 0.29) is 31.0 Å². The summed E-state index contributed by atoms with van der Waals surface area (Å²) in [5.41, 5.74) is 1.09. The van der Waals surface area contributed by atoms with Crippen LogP contribution in [0.4, 0.5) is 13.6 Å². The second-order valence-electron chi connectivity index (χ2n) is 16.3. The van der Waals surface area contributed by atoms with Gasteiger partial charge < -0.3 is 29.3 Å². The quantitative estimate of drug-likeness (QED) is 0.113. The van der Waals surface area contributed by atoms with Crippen LogP contribution in [0.15, 0.2) is 109 Å². The molecular formula is C49H51F2NO7. The molecule has 0 radical (unpaired) electrons. The van der Waals surface area contributed by atoms with Gasteiger partial charge in [0.05, 0.1) is 39.0 Å². The van der Waals surface area contributed by atoms with Crippen molar-refractivity contribution >= 4 is 22.6 Å².